The lowest BCUT2D eigenvalue weighted by Gasteiger charge is -2.09. The van der Waals surface area contributed by atoms with E-state index in [0.29, 0.717) is 22.9 Å². The first-order valence-corrected chi connectivity index (χ1v) is 11.0. The fourth-order valence-corrected chi connectivity index (χ4v) is 3.98. The molecule has 31 heavy (non-hydrogen) atoms. The van der Waals surface area contributed by atoms with Crippen molar-refractivity contribution in [2.24, 2.45) is 0 Å². The Bertz CT molecular complexity index is 1230. The highest BCUT2D eigenvalue weighted by atomic mass is 32.2. The number of benzene rings is 3. The summed E-state index contributed by atoms with van der Waals surface area (Å²) < 4.78 is 38.0. The lowest BCUT2D eigenvalue weighted by molar-refractivity contribution is -0.111. The minimum absolute atomic E-state index is 0.184. The first-order valence-electron chi connectivity index (χ1n) is 9.47. The first-order chi connectivity index (χ1) is 14.9. The zero-order valence-electron chi connectivity index (χ0n) is 16.7. The van der Waals surface area contributed by atoms with Crippen LogP contribution in [0.2, 0.25) is 0 Å². The van der Waals surface area contributed by atoms with Gasteiger partial charge in [0.15, 0.2) is 11.5 Å². The van der Waals surface area contributed by atoms with Crippen LogP contribution >= 0.6 is 0 Å². The molecular formula is C23H20N2O5S. The van der Waals surface area contributed by atoms with Crippen LogP contribution in [0.3, 0.4) is 0 Å². The number of amides is 1. The zero-order chi connectivity index (χ0) is 21.8. The fraction of sp³-hybridized carbons (Fsp3) is 0.0870. The van der Waals surface area contributed by atoms with Gasteiger partial charge in [0.05, 0.1) is 4.90 Å². The number of aryl methyl sites for hydroxylation is 1. The van der Waals surface area contributed by atoms with Gasteiger partial charge in [0.1, 0.15) is 0 Å². The van der Waals surface area contributed by atoms with E-state index in [-0.39, 0.29) is 17.6 Å². The van der Waals surface area contributed by atoms with Crippen molar-refractivity contribution in [3.05, 3.63) is 83.9 Å². The first kappa shape index (κ1) is 20.5. The molecule has 0 aromatic heterocycles. The van der Waals surface area contributed by atoms with Crippen LogP contribution < -0.4 is 19.5 Å². The van der Waals surface area contributed by atoms with Gasteiger partial charge in [-0.15, -0.1) is 0 Å². The Labute approximate surface area is 180 Å². The Hall–Kier alpha value is -3.78. The lowest BCUT2D eigenvalue weighted by atomic mass is 10.2. The highest BCUT2D eigenvalue weighted by Crippen LogP contribution is 2.32. The van der Waals surface area contributed by atoms with E-state index < -0.39 is 10.0 Å². The minimum atomic E-state index is -3.68. The number of hydrogen-bond donors (Lipinski definition) is 2. The molecule has 4 rings (SSSR count). The number of fused-ring (bicyclic) bond motifs is 1. The van der Waals surface area contributed by atoms with Crippen molar-refractivity contribution in [3.63, 3.8) is 0 Å². The predicted octanol–water partition coefficient (Wildman–Crippen LogP) is 4.18. The summed E-state index contributed by atoms with van der Waals surface area (Å²) in [4.78, 5) is 12.4. The molecule has 0 saturated carbocycles. The molecule has 0 bridgehead atoms. The molecule has 158 valence electrons. The molecule has 0 spiro atoms. The van der Waals surface area contributed by atoms with E-state index in [4.69, 9.17) is 9.47 Å². The maximum Gasteiger partial charge on any atom is 0.261 e. The number of hydrogen-bond acceptors (Lipinski definition) is 5. The van der Waals surface area contributed by atoms with Crippen molar-refractivity contribution in [2.45, 2.75) is 11.8 Å². The van der Waals surface area contributed by atoms with Crippen LogP contribution in [-0.4, -0.2) is 21.1 Å². The van der Waals surface area contributed by atoms with Gasteiger partial charge in [-0.2, -0.15) is 0 Å². The van der Waals surface area contributed by atoms with Gasteiger partial charge < -0.3 is 14.8 Å². The van der Waals surface area contributed by atoms with Crippen LogP contribution in [0.4, 0.5) is 11.4 Å². The van der Waals surface area contributed by atoms with Gasteiger partial charge in [0, 0.05) is 17.5 Å². The number of ether oxygens (including phenoxy) is 2. The summed E-state index contributed by atoms with van der Waals surface area (Å²) in [6, 6.07) is 18.4. The standard InChI is InChI=1S/C23H20N2O5S/c1-16-2-10-20(11-3-16)31(27,28)25-19-8-6-18(7-9-19)24-23(26)13-5-17-4-12-21-22(14-17)30-15-29-21/h2-14,25H,15H2,1H3,(H,24,26)/b13-5-. The van der Waals surface area contributed by atoms with E-state index in [2.05, 4.69) is 10.0 Å². The number of carbonyl (C=O) groups is 1. The van der Waals surface area contributed by atoms with Crippen LogP contribution in [-0.2, 0) is 14.8 Å². The van der Waals surface area contributed by atoms with E-state index >= 15 is 0 Å². The average molecular weight is 436 g/mol. The maximum atomic E-state index is 12.5. The third kappa shape index (κ3) is 5.04. The molecule has 0 atom stereocenters. The molecule has 2 N–H and O–H groups in total. The van der Waals surface area contributed by atoms with Gasteiger partial charge in [-0.25, -0.2) is 8.42 Å². The molecule has 3 aromatic carbocycles. The second kappa shape index (κ2) is 8.53. The molecule has 7 nitrogen and oxygen atoms in total. The summed E-state index contributed by atoms with van der Waals surface area (Å²) in [6.07, 6.45) is 3.08. The molecule has 3 aromatic rings. The number of rotatable bonds is 6. The fourth-order valence-electron chi connectivity index (χ4n) is 2.93. The zero-order valence-corrected chi connectivity index (χ0v) is 17.5. The molecule has 1 amide bonds. The minimum Gasteiger partial charge on any atom is -0.454 e. The molecule has 0 saturated heterocycles. The van der Waals surface area contributed by atoms with Gasteiger partial charge in [-0.3, -0.25) is 9.52 Å². The number of sulfonamides is 1. The molecule has 0 fully saturated rings. The van der Waals surface area contributed by atoms with Gasteiger partial charge in [-0.1, -0.05) is 23.8 Å². The Morgan fingerprint density at radius 2 is 1.58 bits per heavy atom. The average Bonchev–Trinajstić information content (AvgIpc) is 3.22. The van der Waals surface area contributed by atoms with Crippen molar-refractivity contribution in [2.75, 3.05) is 16.8 Å². The van der Waals surface area contributed by atoms with Crippen molar-refractivity contribution in [3.8, 4) is 11.5 Å². The van der Waals surface area contributed by atoms with E-state index in [1.807, 2.05) is 13.0 Å². The molecule has 0 unspecified atom stereocenters. The summed E-state index contributed by atoms with van der Waals surface area (Å²) in [5.41, 5.74) is 2.72. The van der Waals surface area contributed by atoms with Crippen LogP contribution in [0.5, 0.6) is 11.5 Å². The Balaban J connectivity index is 1.37. The second-order valence-corrected chi connectivity index (χ2v) is 8.61. The van der Waals surface area contributed by atoms with Crippen molar-refractivity contribution < 1.29 is 22.7 Å². The number of nitrogens with one attached hydrogen (secondary N) is 2. The number of anilines is 2. The summed E-state index contributed by atoms with van der Waals surface area (Å²) >= 11 is 0. The molecular weight excluding hydrogens is 416 g/mol. The van der Waals surface area contributed by atoms with E-state index in [0.717, 1.165) is 11.1 Å². The van der Waals surface area contributed by atoms with Crippen molar-refractivity contribution in [1.29, 1.82) is 0 Å². The van der Waals surface area contributed by atoms with Gasteiger partial charge in [0.2, 0.25) is 12.7 Å². The van der Waals surface area contributed by atoms with Crippen LogP contribution in [0.25, 0.3) is 6.08 Å². The highest BCUT2D eigenvalue weighted by Gasteiger charge is 2.14. The van der Waals surface area contributed by atoms with Crippen LogP contribution in [0, 0.1) is 6.92 Å². The third-order valence-corrected chi connectivity index (χ3v) is 5.96. The van der Waals surface area contributed by atoms with Gasteiger partial charge in [0.25, 0.3) is 10.0 Å². The molecule has 1 aliphatic heterocycles. The molecule has 8 heteroatoms. The molecule has 1 heterocycles. The molecule has 0 radical (unpaired) electrons. The van der Waals surface area contributed by atoms with Crippen molar-refractivity contribution in [1.82, 2.24) is 0 Å². The summed E-state index contributed by atoms with van der Waals surface area (Å²) in [5.74, 6) is 1.01. The second-order valence-electron chi connectivity index (χ2n) is 6.93. The summed E-state index contributed by atoms with van der Waals surface area (Å²) in [5, 5.41) is 2.73. The Morgan fingerprint density at radius 1 is 0.903 bits per heavy atom. The largest absolute Gasteiger partial charge is 0.454 e. The Kier molecular flexibility index (Phi) is 5.64. The lowest BCUT2D eigenvalue weighted by Crippen LogP contribution is -2.13. The van der Waals surface area contributed by atoms with E-state index in [1.165, 1.54) is 6.08 Å². The van der Waals surface area contributed by atoms with E-state index in [1.54, 1.807) is 66.7 Å². The maximum absolute atomic E-state index is 12.5. The van der Waals surface area contributed by atoms with E-state index in [9.17, 15) is 13.2 Å². The smallest absolute Gasteiger partial charge is 0.261 e. The molecule has 1 aliphatic rings. The molecule has 0 aliphatic carbocycles. The predicted molar refractivity (Wildman–Crippen MR) is 119 cm³/mol. The van der Waals surface area contributed by atoms with Crippen LogP contribution in [0.15, 0.2) is 77.7 Å². The van der Waals surface area contributed by atoms with Gasteiger partial charge >= 0.3 is 0 Å². The third-order valence-electron chi connectivity index (χ3n) is 4.56. The summed E-state index contributed by atoms with van der Waals surface area (Å²) in [6.45, 7) is 2.08. The van der Waals surface area contributed by atoms with Crippen LogP contribution in [0.1, 0.15) is 11.1 Å². The summed E-state index contributed by atoms with van der Waals surface area (Å²) in [7, 11) is -3.68. The Morgan fingerprint density at radius 3 is 2.32 bits per heavy atom. The normalized spacial score (nSPS) is 12.7. The quantitative estimate of drug-likeness (QED) is 0.566. The van der Waals surface area contributed by atoms with Gasteiger partial charge in [-0.05, 0) is 67.1 Å². The highest BCUT2D eigenvalue weighted by molar-refractivity contribution is 7.92. The monoisotopic (exact) mass is 436 g/mol. The topological polar surface area (TPSA) is 93.7 Å². The van der Waals surface area contributed by atoms with Crippen molar-refractivity contribution >= 4 is 33.4 Å². The number of carbonyl (C=O) groups excluding carboxylic acids is 1. The SMILES string of the molecule is Cc1ccc(S(=O)(=O)Nc2ccc(NC(=O)/C=C\c3ccc4c(c3)OCO4)cc2)cc1.